The van der Waals surface area contributed by atoms with Crippen LogP contribution in [-0.2, 0) is 6.54 Å². The van der Waals surface area contributed by atoms with Gasteiger partial charge in [0.25, 0.3) is 5.91 Å². The van der Waals surface area contributed by atoms with Gasteiger partial charge in [-0.3, -0.25) is 9.78 Å². The zero-order valence-corrected chi connectivity index (χ0v) is 15.2. The van der Waals surface area contributed by atoms with Crippen LogP contribution < -0.4 is 10.6 Å². The van der Waals surface area contributed by atoms with Crippen molar-refractivity contribution in [2.75, 3.05) is 10.6 Å². The first-order valence-electron chi connectivity index (χ1n) is 7.79. The van der Waals surface area contributed by atoms with E-state index >= 15 is 0 Å². The molecule has 3 aromatic rings. The van der Waals surface area contributed by atoms with Crippen LogP contribution in [0.25, 0.3) is 0 Å². The normalized spacial score (nSPS) is 10.3. The minimum Gasteiger partial charge on any atom is -0.364 e. The summed E-state index contributed by atoms with van der Waals surface area (Å²) in [6.45, 7) is 2.52. The van der Waals surface area contributed by atoms with Crippen molar-refractivity contribution in [3.63, 3.8) is 0 Å². The molecule has 126 valence electrons. The lowest BCUT2D eigenvalue weighted by atomic mass is 10.2. The van der Waals surface area contributed by atoms with Crippen LogP contribution in [-0.4, -0.2) is 15.9 Å². The number of rotatable bonds is 5. The van der Waals surface area contributed by atoms with Crippen molar-refractivity contribution in [1.82, 2.24) is 9.97 Å². The molecule has 2 heterocycles. The summed E-state index contributed by atoms with van der Waals surface area (Å²) in [4.78, 5) is 20.9. The highest BCUT2D eigenvalue weighted by Crippen LogP contribution is 2.20. The zero-order valence-electron chi connectivity index (χ0n) is 13.7. The van der Waals surface area contributed by atoms with E-state index in [1.54, 1.807) is 24.5 Å². The van der Waals surface area contributed by atoms with E-state index < -0.39 is 0 Å². The number of pyridine rings is 2. The Hall–Kier alpha value is -2.73. The zero-order chi connectivity index (χ0) is 17.6. The summed E-state index contributed by atoms with van der Waals surface area (Å²) >= 11 is 3.45. The van der Waals surface area contributed by atoms with E-state index in [1.807, 2.05) is 43.3 Å². The Morgan fingerprint density at radius 2 is 1.96 bits per heavy atom. The summed E-state index contributed by atoms with van der Waals surface area (Å²) in [5.74, 6) is 0.454. The third-order valence-corrected chi connectivity index (χ3v) is 4.50. The second kappa shape index (κ2) is 7.90. The Balaban J connectivity index is 1.67. The molecule has 0 saturated carbocycles. The van der Waals surface area contributed by atoms with E-state index in [2.05, 4.69) is 36.5 Å². The molecule has 25 heavy (non-hydrogen) atoms. The Morgan fingerprint density at radius 3 is 2.72 bits per heavy atom. The van der Waals surface area contributed by atoms with Crippen molar-refractivity contribution in [2.45, 2.75) is 13.5 Å². The minimum atomic E-state index is -0.176. The van der Waals surface area contributed by atoms with Crippen molar-refractivity contribution >= 4 is 33.3 Å². The highest BCUT2D eigenvalue weighted by atomic mass is 79.9. The molecule has 3 rings (SSSR count). The van der Waals surface area contributed by atoms with Crippen LogP contribution in [0.2, 0.25) is 0 Å². The topological polar surface area (TPSA) is 66.9 Å². The van der Waals surface area contributed by atoms with Gasteiger partial charge in [-0.05, 0) is 55.0 Å². The highest BCUT2D eigenvalue weighted by molar-refractivity contribution is 9.10. The summed E-state index contributed by atoms with van der Waals surface area (Å²) in [7, 11) is 0. The van der Waals surface area contributed by atoms with E-state index in [4.69, 9.17) is 0 Å². The molecule has 1 aromatic carbocycles. The number of carbonyl (C=O) groups is 1. The number of carbonyl (C=O) groups excluding carboxylic acids is 1. The molecule has 0 fully saturated rings. The first-order chi connectivity index (χ1) is 12.1. The number of benzene rings is 1. The third-order valence-electron chi connectivity index (χ3n) is 3.61. The lowest BCUT2D eigenvalue weighted by molar-refractivity contribution is 0.102. The second-order valence-electron chi connectivity index (χ2n) is 5.52. The Bertz CT molecular complexity index is 884. The van der Waals surface area contributed by atoms with Gasteiger partial charge in [0.15, 0.2) is 0 Å². The molecule has 0 radical (unpaired) electrons. The quantitative estimate of drug-likeness (QED) is 0.669. The number of nitrogens with zero attached hydrogens (tertiary/aromatic N) is 2. The minimum absolute atomic E-state index is 0.176. The van der Waals surface area contributed by atoms with E-state index in [9.17, 15) is 4.79 Å². The summed E-state index contributed by atoms with van der Waals surface area (Å²) in [5, 5.41) is 6.08. The van der Waals surface area contributed by atoms with Crippen molar-refractivity contribution in [2.24, 2.45) is 0 Å². The summed E-state index contributed by atoms with van der Waals surface area (Å²) in [6, 6.07) is 14.8. The number of hydrogen-bond donors (Lipinski definition) is 2. The van der Waals surface area contributed by atoms with Gasteiger partial charge in [-0.25, -0.2) is 4.98 Å². The molecule has 0 spiro atoms. The molecule has 0 unspecified atom stereocenters. The molecular formula is C19H17BrN4O. The molecule has 2 N–H and O–H groups in total. The number of halogens is 1. The fourth-order valence-electron chi connectivity index (χ4n) is 2.28. The Labute approximate surface area is 154 Å². The average Bonchev–Trinajstić information content (AvgIpc) is 2.64. The maximum atomic E-state index is 12.4. The molecule has 1 amide bonds. The lowest BCUT2D eigenvalue weighted by Gasteiger charge is -2.09. The first kappa shape index (κ1) is 17.1. The molecule has 0 bridgehead atoms. The van der Waals surface area contributed by atoms with Crippen LogP contribution in [0.5, 0.6) is 0 Å². The maximum absolute atomic E-state index is 12.4. The second-order valence-corrected chi connectivity index (χ2v) is 6.38. The summed E-state index contributed by atoms with van der Waals surface area (Å²) in [6.07, 6.45) is 3.36. The van der Waals surface area contributed by atoms with Crippen LogP contribution >= 0.6 is 15.9 Å². The van der Waals surface area contributed by atoms with Gasteiger partial charge in [-0.2, -0.15) is 0 Å². The number of nitrogens with one attached hydrogen (secondary N) is 2. The van der Waals surface area contributed by atoms with Gasteiger partial charge in [0.2, 0.25) is 0 Å². The fraction of sp³-hybridized carbons (Fsp3) is 0.105. The van der Waals surface area contributed by atoms with E-state index in [0.717, 1.165) is 21.4 Å². The molecule has 5 nitrogen and oxygen atoms in total. The molecule has 0 saturated heterocycles. The SMILES string of the molecule is Cc1cc(NC(=O)c2ccnc(NCc3ccccn3)c2)ccc1Br. The molecule has 2 aromatic heterocycles. The summed E-state index contributed by atoms with van der Waals surface area (Å²) < 4.78 is 1.01. The standard InChI is InChI=1S/C19H17BrN4O/c1-13-10-15(5-6-17(13)20)24-19(25)14-7-9-22-18(11-14)23-12-16-4-2-3-8-21-16/h2-11H,12H2,1H3,(H,22,23)(H,24,25). The van der Waals surface area contributed by atoms with Crippen molar-refractivity contribution in [3.05, 3.63) is 82.2 Å². The average molecular weight is 397 g/mol. The predicted octanol–water partition coefficient (Wildman–Crippen LogP) is 4.41. The smallest absolute Gasteiger partial charge is 0.255 e. The van der Waals surface area contributed by atoms with Crippen molar-refractivity contribution in [1.29, 1.82) is 0 Å². The molecule has 0 aliphatic heterocycles. The molecule has 6 heteroatoms. The van der Waals surface area contributed by atoms with E-state index in [1.165, 1.54) is 0 Å². The van der Waals surface area contributed by atoms with Crippen molar-refractivity contribution < 1.29 is 4.79 Å². The number of anilines is 2. The fourth-order valence-corrected chi connectivity index (χ4v) is 2.52. The van der Waals surface area contributed by atoms with E-state index in [-0.39, 0.29) is 5.91 Å². The monoisotopic (exact) mass is 396 g/mol. The van der Waals surface area contributed by atoms with Gasteiger partial charge < -0.3 is 10.6 Å². The van der Waals surface area contributed by atoms with Gasteiger partial charge >= 0.3 is 0 Å². The third kappa shape index (κ3) is 4.64. The Morgan fingerprint density at radius 1 is 1.08 bits per heavy atom. The van der Waals surface area contributed by atoms with Crippen LogP contribution in [0.3, 0.4) is 0 Å². The molecule has 0 atom stereocenters. The van der Waals surface area contributed by atoms with Crippen molar-refractivity contribution in [3.8, 4) is 0 Å². The largest absolute Gasteiger partial charge is 0.364 e. The van der Waals surface area contributed by atoms with Crippen LogP contribution in [0, 0.1) is 6.92 Å². The first-order valence-corrected chi connectivity index (χ1v) is 8.58. The molecule has 0 aliphatic carbocycles. The van der Waals surface area contributed by atoms with Gasteiger partial charge in [0, 0.05) is 28.1 Å². The number of aromatic nitrogens is 2. The predicted molar refractivity (Wildman–Crippen MR) is 103 cm³/mol. The number of amides is 1. The summed E-state index contributed by atoms with van der Waals surface area (Å²) in [5.41, 5.74) is 3.26. The van der Waals surface area contributed by atoms with Gasteiger partial charge in [0.05, 0.1) is 12.2 Å². The van der Waals surface area contributed by atoms with Gasteiger partial charge in [0.1, 0.15) is 5.82 Å². The molecular weight excluding hydrogens is 380 g/mol. The lowest BCUT2D eigenvalue weighted by Crippen LogP contribution is -2.13. The highest BCUT2D eigenvalue weighted by Gasteiger charge is 2.08. The van der Waals surface area contributed by atoms with E-state index in [0.29, 0.717) is 17.9 Å². The van der Waals surface area contributed by atoms with Crippen LogP contribution in [0.4, 0.5) is 11.5 Å². The number of hydrogen-bond acceptors (Lipinski definition) is 4. The van der Waals surface area contributed by atoms with Crippen LogP contribution in [0.1, 0.15) is 21.6 Å². The number of aryl methyl sites for hydroxylation is 1. The maximum Gasteiger partial charge on any atom is 0.255 e. The van der Waals surface area contributed by atoms with Crippen LogP contribution in [0.15, 0.2) is 65.4 Å². The molecule has 0 aliphatic rings. The van der Waals surface area contributed by atoms with Gasteiger partial charge in [-0.15, -0.1) is 0 Å². The Kier molecular flexibility index (Phi) is 5.40. The van der Waals surface area contributed by atoms with Gasteiger partial charge in [-0.1, -0.05) is 22.0 Å².